The quantitative estimate of drug-likeness (QED) is 0.468. The lowest BCUT2D eigenvalue weighted by molar-refractivity contribution is -0.127. The molecule has 3 aromatic rings. The number of benzene rings is 2. The Morgan fingerprint density at radius 3 is 2.44 bits per heavy atom. The van der Waals surface area contributed by atoms with E-state index in [0.29, 0.717) is 44.7 Å². The van der Waals surface area contributed by atoms with Crippen molar-refractivity contribution in [2.45, 2.75) is 51.9 Å². The van der Waals surface area contributed by atoms with Crippen molar-refractivity contribution in [1.29, 1.82) is 5.26 Å². The molecular weight excluding hydrogens is 490 g/mol. The van der Waals surface area contributed by atoms with Crippen LogP contribution in [0.1, 0.15) is 43.2 Å². The number of carbonyl (C=O) groups is 2. The zero-order valence-corrected chi connectivity index (χ0v) is 22.9. The molecule has 2 aromatic carbocycles. The highest BCUT2D eigenvalue weighted by atomic mass is 16.2. The maximum absolute atomic E-state index is 13.4. The highest BCUT2D eigenvalue weighted by molar-refractivity contribution is 5.87. The van der Waals surface area contributed by atoms with Gasteiger partial charge in [-0.25, -0.2) is 9.78 Å². The zero-order chi connectivity index (χ0) is 27.8. The SMILES string of the molecule is CC(C)(C)NC(=O)N1CCN(Cc2ccccc2)CC1C(=O)NCCc1cncn1Cc1ccc(C#N)cc1. The number of urea groups is 1. The third kappa shape index (κ3) is 7.91. The minimum Gasteiger partial charge on any atom is -0.354 e. The maximum atomic E-state index is 13.4. The molecule has 9 nitrogen and oxygen atoms in total. The Morgan fingerprint density at radius 1 is 1.03 bits per heavy atom. The average molecular weight is 528 g/mol. The van der Waals surface area contributed by atoms with Crippen LogP contribution in [0, 0.1) is 11.3 Å². The predicted molar refractivity (Wildman–Crippen MR) is 150 cm³/mol. The molecule has 0 saturated carbocycles. The molecular formula is C30H37N7O2. The summed E-state index contributed by atoms with van der Waals surface area (Å²) in [6.07, 6.45) is 4.19. The smallest absolute Gasteiger partial charge is 0.318 e. The summed E-state index contributed by atoms with van der Waals surface area (Å²) in [5, 5.41) is 15.1. The van der Waals surface area contributed by atoms with E-state index in [9.17, 15) is 9.59 Å². The van der Waals surface area contributed by atoms with Crippen LogP contribution in [0.25, 0.3) is 0 Å². The molecule has 1 fully saturated rings. The predicted octanol–water partition coefficient (Wildman–Crippen LogP) is 3.16. The molecule has 204 valence electrons. The number of nitrogens with one attached hydrogen (secondary N) is 2. The Labute approximate surface area is 230 Å². The second kappa shape index (κ2) is 12.6. The first-order valence-electron chi connectivity index (χ1n) is 13.3. The Bertz CT molecular complexity index is 1290. The number of hydrogen-bond donors (Lipinski definition) is 2. The third-order valence-electron chi connectivity index (χ3n) is 6.67. The summed E-state index contributed by atoms with van der Waals surface area (Å²) in [7, 11) is 0. The molecule has 0 aliphatic carbocycles. The molecule has 1 aliphatic heterocycles. The number of amides is 3. The van der Waals surface area contributed by atoms with E-state index >= 15 is 0 Å². The molecule has 3 amide bonds. The standard InChI is InChI=1S/C30H37N7O2/c1-30(2,3)34-29(39)37-16-15-35(19-24-7-5-4-6-8-24)21-27(37)28(38)33-14-13-26-18-32-22-36(26)20-25-11-9-23(17-31)10-12-25/h4-12,18,22,27H,13-16,19-21H2,1-3H3,(H,33,38)(H,34,39). The highest BCUT2D eigenvalue weighted by Gasteiger charge is 2.36. The zero-order valence-electron chi connectivity index (χ0n) is 22.9. The fraction of sp³-hybridized carbons (Fsp3) is 0.400. The molecule has 0 bridgehead atoms. The number of hydrogen-bond acceptors (Lipinski definition) is 5. The van der Waals surface area contributed by atoms with Gasteiger partial charge in [-0.15, -0.1) is 0 Å². The number of nitrogens with zero attached hydrogens (tertiary/aromatic N) is 5. The van der Waals surface area contributed by atoms with Gasteiger partial charge in [0.1, 0.15) is 6.04 Å². The molecule has 0 radical (unpaired) electrons. The van der Waals surface area contributed by atoms with Crippen molar-refractivity contribution >= 4 is 11.9 Å². The van der Waals surface area contributed by atoms with Crippen molar-refractivity contribution < 1.29 is 9.59 Å². The Morgan fingerprint density at radius 2 is 1.74 bits per heavy atom. The largest absolute Gasteiger partial charge is 0.354 e. The molecule has 1 saturated heterocycles. The Kier molecular flexibility index (Phi) is 8.99. The van der Waals surface area contributed by atoms with Gasteiger partial charge in [-0.05, 0) is 44.0 Å². The maximum Gasteiger partial charge on any atom is 0.318 e. The van der Waals surface area contributed by atoms with Gasteiger partial charge in [-0.2, -0.15) is 5.26 Å². The van der Waals surface area contributed by atoms with Gasteiger partial charge in [0, 0.05) is 63.1 Å². The molecule has 1 atom stereocenters. The number of rotatable bonds is 8. The van der Waals surface area contributed by atoms with Crippen molar-refractivity contribution in [1.82, 2.24) is 30.0 Å². The number of imidazole rings is 1. The van der Waals surface area contributed by atoms with Crippen LogP contribution in [0.2, 0.25) is 0 Å². The number of piperazine rings is 1. The van der Waals surface area contributed by atoms with Crippen LogP contribution in [0.3, 0.4) is 0 Å². The highest BCUT2D eigenvalue weighted by Crippen LogP contribution is 2.16. The van der Waals surface area contributed by atoms with Gasteiger partial charge < -0.3 is 20.1 Å². The van der Waals surface area contributed by atoms with E-state index in [1.54, 1.807) is 29.6 Å². The number of carbonyl (C=O) groups excluding carboxylic acids is 2. The van der Waals surface area contributed by atoms with Crippen molar-refractivity contribution in [2.24, 2.45) is 0 Å². The van der Waals surface area contributed by atoms with Crippen molar-refractivity contribution in [3.05, 3.63) is 89.5 Å². The van der Waals surface area contributed by atoms with Crippen molar-refractivity contribution in [3.63, 3.8) is 0 Å². The molecule has 2 heterocycles. The fourth-order valence-corrected chi connectivity index (χ4v) is 4.70. The molecule has 4 rings (SSSR count). The van der Waals surface area contributed by atoms with E-state index in [4.69, 9.17) is 5.26 Å². The first kappa shape index (κ1) is 27.9. The normalized spacial score (nSPS) is 15.9. The van der Waals surface area contributed by atoms with E-state index in [2.05, 4.69) is 38.7 Å². The van der Waals surface area contributed by atoms with Gasteiger partial charge in [0.25, 0.3) is 0 Å². The van der Waals surface area contributed by atoms with Gasteiger partial charge in [-0.3, -0.25) is 9.69 Å². The minimum atomic E-state index is -0.589. The van der Waals surface area contributed by atoms with Gasteiger partial charge in [-0.1, -0.05) is 42.5 Å². The molecule has 1 unspecified atom stereocenters. The molecule has 1 aliphatic rings. The van der Waals surface area contributed by atoms with Crippen LogP contribution in [0.4, 0.5) is 4.79 Å². The van der Waals surface area contributed by atoms with Crippen LogP contribution >= 0.6 is 0 Å². The summed E-state index contributed by atoms with van der Waals surface area (Å²) in [6.45, 7) is 9.25. The molecule has 1 aromatic heterocycles. The first-order valence-corrected chi connectivity index (χ1v) is 13.3. The van der Waals surface area contributed by atoms with Gasteiger partial charge >= 0.3 is 6.03 Å². The summed E-state index contributed by atoms with van der Waals surface area (Å²) >= 11 is 0. The van der Waals surface area contributed by atoms with Gasteiger partial charge in [0.05, 0.1) is 18.0 Å². The summed E-state index contributed by atoms with van der Waals surface area (Å²) in [4.78, 5) is 34.7. The van der Waals surface area contributed by atoms with E-state index in [1.807, 2.05) is 55.7 Å². The third-order valence-corrected chi connectivity index (χ3v) is 6.67. The van der Waals surface area contributed by atoms with Crippen LogP contribution in [0.15, 0.2) is 67.1 Å². The van der Waals surface area contributed by atoms with E-state index < -0.39 is 11.6 Å². The molecule has 2 N–H and O–H groups in total. The topological polar surface area (TPSA) is 106 Å². The van der Waals surface area contributed by atoms with E-state index in [-0.39, 0.29) is 11.9 Å². The van der Waals surface area contributed by atoms with Crippen molar-refractivity contribution in [2.75, 3.05) is 26.2 Å². The van der Waals surface area contributed by atoms with Crippen molar-refractivity contribution in [3.8, 4) is 6.07 Å². The lowest BCUT2D eigenvalue weighted by Crippen LogP contribution is -2.63. The lowest BCUT2D eigenvalue weighted by atomic mass is 10.1. The Balaban J connectivity index is 1.38. The summed E-state index contributed by atoms with van der Waals surface area (Å²) in [5.41, 5.74) is 3.48. The summed E-state index contributed by atoms with van der Waals surface area (Å²) < 4.78 is 2.04. The fourth-order valence-electron chi connectivity index (χ4n) is 4.70. The number of aromatic nitrogens is 2. The lowest BCUT2D eigenvalue weighted by Gasteiger charge is -2.41. The Hall–Kier alpha value is -4.16. The summed E-state index contributed by atoms with van der Waals surface area (Å²) in [6, 6.07) is 19.0. The summed E-state index contributed by atoms with van der Waals surface area (Å²) in [5.74, 6) is -0.157. The average Bonchev–Trinajstić information content (AvgIpc) is 3.35. The monoisotopic (exact) mass is 527 g/mol. The molecule has 39 heavy (non-hydrogen) atoms. The molecule has 9 heteroatoms. The first-order chi connectivity index (χ1) is 18.7. The van der Waals surface area contributed by atoms with Gasteiger partial charge in [0.15, 0.2) is 0 Å². The van der Waals surface area contributed by atoms with E-state index in [1.165, 1.54) is 5.56 Å². The molecule has 0 spiro atoms. The van der Waals surface area contributed by atoms with E-state index in [0.717, 1.165) is 17.8 Å². The second-order valence-electron chi connectivity index (χ2n) is 11.0. The minimum absolute atomic E-state index is 0.157. The van der Waals surface area contributed by atoms with Crippen LogP contribution < -0.4 is 10.6 Å². The van der Waals surface area contributed by atoms with Gasteiger partial charge in [0.2, 0.25) is 5.91 Å². The van der Waals surface area contributed by atoms with Crippen LogP contribution in [0.5, 0.6) is 0 Å². The van der Waals surface area contributed by atoms with Crippen LogP contribution in [-0.2, 0) is 24.3 Å². The van der Waals surface area contributed by atoms with Crippen LogP contribution in [-0.4, -0.2) is 69.0 Å². The number of nitriles is 1. The second-order valence-corrected chi connectivity index (χ2v) is 11.0.